The van der Waals surface area contributed by atoms with Crippen LogP contribution in [0, 0.1) is 40.4 Å². The second kappa shape index (κ2) is 8.09. The van der Waals surface area contributed by atoms with Gasteiger partial charge in [0.25, 0.3) is 0 Å². The van der Waals surface area contributed by atoms with Crippen LogP contribution in [0.1, 0.15) is 71.6 Å². The highest BCUT2D eigenvalue weighted by Gasteiger charge is 2.59. The summed E-state index contributed by atoms with van der Waals surface area (Å²) in [4.78, 5) is 0. The van der Waals surface area contributed by atoms with Crippen LogP contribution in [0.15, 0.2) is 12.7 Å². The van der Waals surface area contributed by atoms with Crippen molar-refractivity contribution in [2.75, 3.05) is 6.61 Å². The molecule has 0 radical (unpaired) electrons. The van der Waals surface area contributed by atoms with Crippen molar-refractivity contribution in [2.24, 2.45) is 40.4 Å². The van der Waals surface area contributed by atoms with E-state index < -0.39 is 24.6 Å². The maximum atomic E-state index is 10.3. The van der Waals surface area contributed by atoms with E-state index in [9.17, 15) is 15.3 Å². The Morgan fingerprint density at radius 1 is 0.903 bits per heavy atom. The molecule has 1 aliphatic heterocycles. The van der Waals surface area contributed by atoms with Gasteiger partial charge < -0.3 is 24.8 Å². The van der Waals surface area contributed by atoms with Crippen molar-refractivity contribution in [1.82, 2.24) is 0 Å². The summed E-state index contributed by atoms with van der Waals surface area (Å²) in [6, 6.07) is 0. The topological polar surface area (TPSA) is 79.2 Å². The fourth-order valence-electron chi connectivity index (χ4n) is 8.86. The highest BCUT2D eigenvalue weighted by atomic mass is 16.7. The first-order chi connectivity index (χ1) is 14.8. The molecule has 31 heavy (non-hydrogen) atoms. The maximum absolute atomic E-state index is 10.3. The average Bonchev–Trinajstić information content (AvgIpc) is 3.10. The molecule has 1 heterocycles. The number of rotatable bonds is 3. The number of fused-ring (bicyclic) bond motifs is 5. The molecule has 5 heteroatoms. The van der Waals surface area contributed by atoms with Crippen LogP contribution < -0.4 is 0 Å². The number of allylic oxidation sites excluding steroid dienone is 1. The van der Waals surface area contributed by atoms with Gasteiger partial charge >= 0.3 is 0 Å². The third kappa shape index (κ3) is 3.45. The quantitative estimate of drug-likeness (QED) is 0.467. The molecule has 0 aromatic heterocycles. The van der Waals surface area contributed by atoms with E-state index in [0.29, 0.717) is 22.7 Å². The maximum Gasteiger partial charge on any atom is 0.186 e. The van der Waals surface area contributed by atoms with E-state index in [2.05, 4.69) is 26.5 Å². The van der Waals surface area contributed by atoms with Crippen molar-refractivity contribution in [1.29, 1.82) is 0 Å². The molecule has 5 fully saturated rings. The van der Waals surface area contributed by atoms with E-state index in [0.717, 1.165) is 30.6 Å². The Kier molecular flexibility index (Phi) is 5.83. The Hall–Kier alpha value is -0.460. The fourth-order valence-corrected chi connectivity index (χ4v) is 8.86. The van der Waals surface area contributed by atoms with Gasteiger partial charge in [-0.25, -0.2) is 0 Å². The number of aliphatic hydroxyl groups excluding tert-OH is 3. The molecule has 5 rings (SSSR count). The van der Waals surface area contributed by atoms with Crippen molar-refractivity contribution in [3.8, 4) is 0 Å². The first-order valence-electron chi connectivity index (χ1n) is 12.7. The van der Waals surface area contributed by atoms with Crippen molar-refractivity contribution >= 4 is 0 Å². The summed E-state index contributed by atoms with van der Waals surface area (Å²) in [6.45, 7) is 9.27. The first kappa shape index (κ1) is 22.3. The van der Waals surface area contributed by atoms with Crippen LogP contribution in [-0.2, 0) is 9.47 Å². The molecule has 0 aromatic carbocycles. The van der Waals surface area contributed by atoms with Crippen molar-refractivity contribution in [3.63, 3.8) is 0 Å². The predicted octanol–water partition coefficient (Wildman–Crippen LogP) is 3.66. The van der Waals surface area contributed by atoms with Crippen LogP contribution in [0.4, 0.5) is 0 Å². The number of ether oxygens (including phenoxy) is 2. The third-order valence-electron chi connectivity index (χ3n) is 10.8. The van der Waals surface area contributed by atoms with Gasteiger partial charge in [0.15, 0.2) is 6.29 Å². The molecule has 5 nitrogen and oxygen atoms in total. The average molecular weight is 435 g/mol. The SMILES string of the molecule is C=C[C@H]1CC[C@H]2[C@@H]3CC[C@H]4C[C@@H](OC5OCC(O)C(O)C5O)CC[C@]4(C)[C@H]3CC[C@]12C. The number of hydrogen-bond acceptors (Lipinski definition) is 5. The molecular weight excluding hydrogens is 392 g/mol. The molecule has 5 aliphatic rings. The second-order valence-electron chi connectivity index (χ2n) is 11.9. The zero-order chi connectivity index (χ0) is 22.0. The zero-order valence-corrected chi connectivity index (χ0v) is 19.3. The lowest BCUT2D eigenvalue weighted by molar-refractivity contribution is -0.289. The molecule has 176 valence electrons. The molecule has 12 atom stereocenters. The van der Waals surface area contributed by atoms with Crippen LogP contribution >= 0.6 is 0 Å². The molecule has 1 saturated heterocycles. The lowest BCUT2D eigenvalue weighted by Crippen LogP contribution is -2.56. The Morgan fingerprint density at radius 2 is 1.65 bits per heavy atom. The fraction of sp³-hybridized carbons (Fsp3) is 0.923. The first-order valence-corrected chi connectivity index (χ1v) is 12.7. The Balaban J connectivity index is 1.26. The van der Waals surface area contributed by atoms with Gasteiger partial charge in [0, 0.05) is 0 Å². The van der Waals surface area contributed by atoms with Gasteiger partial charge in [0.05, 0.1) is 12.7 Å². The lowest BCUT2D eigenvalue weighted by Gasteiger charge is -2.61. The summed E-state index contributed by atoms with van der Waals surface area (Å²) < 4.78 is 11.7. The van der Waals surface area contributed by atoms with Crippen LogP contribution in [0.3, 0.4) is 0 Å². The third-order valence-corrected chi connectivity index (χ3v) is 10.8. The summed E-state index contributed by atoms with van der Waals surface area (Å²) in [5.74, 6) is 3.90. The normalized spacial score (nSPS) is 56.9. The molecule has 4 unspecified atom stereocenters. The summed E-state index contributed by atoms with van der Waals surface area (Å²) in [5.41, 5.74) is 0.852. The predicted molar refractivity (Wildman–Crippen MR) is 118 cm³/mol. The molecule has 3 N–H and O–H groups in total. The van der Waals surface area contributed by atoms with Gasteiger partial charge in [0.1, 0.15) is 18.3 Å². The van der Waals surface area contributed by atoms with Crippen LogP contribution in [0.25, 0.3) is 0 Å². The minimum absolute atomic E-state index is 0.00632. The van der Waals surface area contributed by atoms with Gasteiger partial charge in [-0.3, -0.25) is 0 Å². The summed E-state index contributed by atoms with van der Waals surface area (Å²) in [7, 11) is 0. The van der Waals surface area contributed by atoms with E-state index in [1.54, 1.807) is 0 Å². The largest absolute Gasteiger partial charge is 0.388 e. The smallest absolute Gasteiger partial charge is 0.186 e. The Labute approximate surface area is 187 Å². The highest BCUT2D eigenvalue weighted by Crippen LogP contribution is 2.67. The van der Waals surface area contributed by atoms with E-state index in [1.807, 2.05) is 0 Å². The van der Waals surface area contributed by atoms with E-state index in [1.165, 1.54) is 44.9 Å². The summed E-state index contributed by atoms with van der Waals surface area (Å²) in [5, 5.41) is 29.9. The molecule has 4 saturated carbocycles. The van der Waals surface area contributed by atoms with Crippen LogP contribution in [-0.4, -0.2) is 52.6 Å². The number of hydrogen-bond donors (Lipinski definition) is 3. The molecule has 0 amide bonds. The van der Waals surface area contributed by atoms with Gasteiger partial charge in [-0.05, 0) is 98.2 Å². The molecule has 0 bridgehead atoms. The zero-order valence-electron chi connectivity index (χ0n) is 19.3. The van der Waals surface area contributed by atoms with Crippen LogP contribution in [0.2, 0.25) is 0 Å². The van der Waals surface area contributed by atoms with Gasteiger partial charge in [-0.2, -0.15) is 0 Å². The van der Waals surface area contributed by atoms with Gasteiger partial charge in [0.2, 0.25) is 0 Å². The summed E-state index contributed by atoms with van der Waals surface area (Å²) in [6.07, 6.45) is 9.22. The summed E-state index contributed by atoms with van der Waals surface area (Å²) >= 11 is 0. The number of aliphatic hydroxyl groups is 3. The molecule has 4 aliphatic carbocycles. The highest BCUT2D eigenvalue weighted by molar-refractivity contribution is 5.11. The second-order valence-corrected chi connectivity index (χ2v) is 11.9. The minimum atomic E-state index is -1.20. The van der Waals surface area contributed by atoms with Gasteiger partial charge in [-0.1, -0.05) is 19.9 Å². The molecule has 0 spiro atoms. The van der Waals surface area contributed by atoms with E-state index in [4.69, 9.17) is 9.47 Å². The molecule has 0 aromatic rings. The van der Waals surface area contributed by atoms with E-state index in [-0.39, 0.29) is 12.7 Å². The minimum Gasteiger partial charge on any atom is -0.388 e. The van der Waals surface area contributed by atoms with Crippen LogP contribution in [0.5, 0.6) is 0 Å². The monoisotopic (exact) mass is 434 g/mol. The standard InChI is InChI=1S/C26H42O5/c1-4-15-6-8-19-18-7-5-16-13-17(31-24-23(29)22(28)21(27)14-30-24)9-11-26(16,3)20(18)10-12-25(15,19)2/h4,15-24,27-29H,1,5-14H2,2-3H3/t15-,16-,17-,18-,19-,20-,21?,22?,23?,24?,25+,26-/m0/s1. The molecular formula is C26H42O5. The van der Waals surface area contributed by atoms with Crippen molar-refractivity contribution in [3.05, 3.63) is 12.7 Å². The van der Waals surface area contributed by atoms with E-state index >= 15 is 0 Å². The Morgan fingerprint density at radius 3 is 2.42 bits per heavy atom. The van der Waals surface area contributed by atoms with Crippen molar-refractivity contribution < 1.29 is 24.8 Å². The van der Waals surface area contributed by atoms with Gasteiger partial charge in [-0.15, -0.1) is 6.58 Å². The van der Waals surface area contributed by atoms with Crippen molar-refractivity contribution in [2.45, 2.75) is 102 Å². The lowest BCUT2D eigenvalue weighted by atomic mass is 9.44. The Bertz CT molecular complexity index is 683.